The molecule has 0 unspecified atom stereocenters. The molecule has 1 aromatic heterocycles. The average molecular weight is 161 g/mol. The van der Waals surface area contributed by atoms with Crippen molar-refractivity contribution in [2.24, 2.45) is 0 Å². The largest absolute Gasteiger partial charge is 0.497 e. The first-order valence-electron chi connectivity index (χ1n) is 3.93. The van der Waals surface area contributed by atoms with Crippen LogP contribution in [0.3, 0.4) is 0 Å². The average Bonchev–Trinajstić information content (AvgIpc) is 2.47. The number of fused-ring (bicyclic) bond motifs is 1. The molecule has 0 fully saturated rings. The molecule has 2 nitrogen and oxygen atoms in total. The molecule has 1 heterocycles. The van der Waals surface area contributed by atoms with Crippen molar-refractivity contribution in [3.05, 3.63) is 30.0 Å². The third-order valence-corrected chi connectivity index (χ3v) is 2.10. The molecule has 1 aromatic carbocycles. The smallest absolute Gasteiger partial charge is 0.120 e. The first-order chi connectivity index (χ1) is 5.81. The minimum atomic E-state index is 0.893. The van der Waals surface area contributed by atoms with E-state index >= 15 is 0 Å². The van der Waals surface area contributed by atoms with Gasteiger partial charge in [0, 0.05) is 23.2 Å². The van der Waals surface area contributed by atoms with Crippen molar-refractivity contribution in [2.45, 2.75) is 6.92 Å². The van der Waals surface area contributed by atoms with Gasteiger partial charge in [-0.15, -0.1) is 0 Å². The van der Waals surface area contributed by atoms with Gasteiger partial charge in [-0.1, -0.05) is 0 Å². The van der Waals surface area contributed by atoms with E-state index in [0.717, 1.165) is 11.3 Å². The number of hydrogen-bond acceptors (Lipinski definition) is 1. The van der Waals surface area contributed by atoms with Gasteiger partial charge in [-0.3, -0.25) is 0 Å². The van der Waals surface area contributed by atoms with E-state index in [1.54, 1.807) is 7.11 Å². The minimum absolute atomic E-state index is 0.893. The zero-order valence-corrected chi connectivity index (χ0v) is 7.22. The topological polar surface area (TPSA) is 25.0 Å². The van der Waals surface area contributed by atoms with E-state index in [1.165, 1.54) is 10.9 Å². The molecule has 0 atom stereocenters. The second kappa shape index (κ2) is 2.55. The number of rotatable bonds is 1. The Morgan fingerprint density at radius 2 is 2.17 bits per heavy atom. The summed E-state index contributed by atoms with van der Waals surface area (Å²) in [4.78, 5) is 3.18. The summed E-state index contributed by atoms with van der Waals surface area (Å²) in [5, 5.41) is 1.26. The summed E-state index contributed by atoms with van der Waals surface area (Å²) in [6.07, 6.45) is 2.00. The van der Waals surface area contributed by atoms with Crippen LogP contribution in [0.1, 0.15) is 5.56 Å². The number of aromatic nitrogens is 1. The minimum Gasteiger partial charge on any atom is -0.497 e. The first-order valence-corrected chi connectivity index (χ1v) is 3.93. The molecule has 0 amide bonds. The molecule has 12 heavy (non-hydrogen) atoms. The van der Waals surface area contributed by atoms with Crippen LogP contribution < -0.4 is 4.74 Å². The van der Waals surface area contributed by atoms with Crippen molar-refractivity contribution in [3.63, 3.8) is 0 Å². The van der Waals surface area contributed by atoms with Gasteiger partial charge in [0.05, 0.1) is 7.11 Å². The maximum Gasteiger partial charge on any atom is 0.120 e. The summed E-state index contributed by atoms with van der Waals surface area (Å²) in [6.45, 7) is 2.09. The zero-order chi connectivity index (χ0) is 8.55. The highest BCUT2D eigenvalue weighted by molar-refractivity contribution is 5.84. The molecule has 0 saturated carbocycles. The lowest BCUT2D eigenvalue weighted by molar-refractivity contribution is 0.415. The summed E-state index contributed by atoms with van der Waals surface area (Å²) in [5.74, 6) is 0.893. The Balaban J connectivity index is 2.69. The van der Waals surface area contributed by atoms with E-state index in [2.05, 4.69) is 18.0 Å². The highest BCUT2D eigenvalue weighted by atomic mass is 16.5. The van der Waals surface area contributed by atoms with Crippen molar-refractivity contribution in [1.82, 2.24) is 4.98 Å². The van der Waals surface area contributed by atoms with Gasteiger partial charge in [-0.2, -0.15) is 0 Å². The third kappa shape index (κ3) is 0.961. The van der Waals surface area contributed by atoms with Gasteiger partial charge >= 0.3 is 0 Å². The molecule has 0 radical (unpaired) electrons. The SMILES string of the molecule is COc1ccc2c(C)c[nH]c2c1. The number of H-pyrrole nitrogens is 1. The van der Waals surface area contributed by atoms with E-state index in [-0.39, 0.29) is 0 Å². The second-order valence-electron chi connectivity index (χ2n) is 2.88. The Morgan fingerprint density at radius 1 is 1.33 bits per heavy atom. The zero-order valence-electron chi connectivity index (χ0n) is 7.22. The molecule has 0 aliphatic rings. The van der Waals surface area contributed by atoms with Gasteiger partial charge in [0.25, 0.3) is 0 Å². The van der Waals surface area contributed by atoms with Crippen molar-refractivity contribution in [2.75, 3.05) is 7.11 Å². The molecule has 62 valence electrons. The number of aryl methyl sites for hydroxylation is 1. The standard InChI is InChI=1S/C10H11NO/c1-7-6-11-10-5-8(12-2)3-4-9(7)10/h3-6,11H,1-2H3. The van der Waals surface area contributed by atoms with Crippen molar-refractivity contribution in [1.29, 1.82) is 0 Å². The second-order valence-corrected chi connectivity index (χ2v) is 2.88. The van der Waals surface area contributed by atoms with Gasteiger partial charge in [0.1, 0.15) is 5.75 Å². The van der Waals surface area contributed by atoms with Crippen molar-refractivity contribution < 1.29 is 4.74 Å². The predicted octanol–water partition coefficient (Wildman–Crippen LogP) is 2.48. The monoisotopic (exact) mass is 161 g/mol. The Labute approximate surface area is 71.2 Å². The Kier molecular flexibility index (Phi) is 1.54. The van der Waals surface area contributed by atoms with E-state index < -0.39 is 0 Å². The number of ether oxygens (including phenoxy) is 1. The van der Waals surface area contributed by atoms with E-state index in [9.17, 15) is 0 Å². The lowest BCUT2D eigenvalue weighted by Gasteiger charge is -1.98. The molecule has 0 aliphatic carbocycles. The summed E-state index contributed by atoms with van der Waals surface area (Å²) in [5.41, 5.74) is 2.40. The van der Waals surface area contributed by atoms with Gasteiger partial charge in [0.15, 0.2) is 0 Å². The van der Waals surface area contributed by atoms with Gasteiger partial charge < -0.3 is 9.72 Å². The van der Waals surface area contributed by atoms with Crippen LogP contribution in [-0.4, -0.2) is 12.1 Å². The van der Waals surface area contributed by atoms with Gasteiger partial charge in [-0.05, 0) is 24.6 Å². The Morgan fingerprint density at radius 3 is 2.92 bits per heavy atom. The van der Waals surface area contributed by atoms with Crippen molar-refractivity contribution in [3.8, 4) is 5.75 Å². The molecule has 0 bridgehead atoms. The molecule has 2 rings (SSSR count). The predicted molar refractivity (Wildman–Crippen MR) is 49.6 cm³/mol. The number of nitrogens with one attached hydrogen (secondary N) is 1. The highest BCUT2D eigenvalue weighted by Gasteiger charge is 1.99. The fourth-order valence-electron chi connectivity index (χ4n) is 1.38. The van der Waals surface area contributed by atoms with E-state index in [0.29, 0.717) is 0 Å². The van der Waals surface area contributed by atoms with Crippen LogP contribution in [0.5, 0.6) is 5.75 Å². The lowest BCUT2D eigenvalue weighted by Crippen LogP contribution is -1.81. The third-order valence-electron chi connectivity index (χ3n) is 2.10. The molecular formula is C10H11NO. The molecule has 2 aromatic rings. The molecule has 0 spiro atoms. The molecule has 0 saturated heterocycles. The fourth-order valence-corrected chi connectivity index (χ4v) is 1.38. The van der Waals surface area contributed by atoms with Gasteiger partial charge in [-0.25, -0.2) is 0 Å². The summed E-state index contributed by atoms with van der Waals surface area (Å²) in [7, 11) is 1.68. The Bertz CT molecular complexity index is 403. The maximum absolute atomic E-state index is 5.11. The molecule has 2 heteroatoms. The van der Waals surface area contributed by atoms with Gasteiger partial charge in [0.2, 0.25) is 0 Å². The van der Waals surface area contributed by atoms with Crippen LogP contribution in [-0.2, 0) is 0 Å². The van der Waals surface area contributed by atoms with Crippen molar-refractivity contribution >= 4 is 10.9 Å². The van der Waals surface area contributed by atoms with Crippen LogP contribution in [0.2, 0.25) is 0 Å². The number of hydrogen-bond donors (Lipinski definition) is 1. The molecule has 1 N–H and O–H groups in total. The number of aromatic amines is 1. The van der Waals surface area contributed by atoms with E-state index in [1.807, 2.05) is 18.3 Å². The van der Waals surface area contributed by atoms with Crippen LogP contribution in [0.4, 0.5) is 0 Å². The van der Waals surface area contributed by atoms with Crippen LogP contribution in [0.25, 0.3) is 10.9 Å². The quantitative estimate of drug-likeness (QED) is 0.682. The van der Waals surface area contributed by atoms with Crippen LogP contribution in [0.15, 0.2) is 24.4 Å². The number of methoxy groups -OCH3 is 1. The summed E-state index contributed by atoms with van der Waals surface area (Å²) < 4.78 is 5.11. The van der Waals surface area contributed by atoms with Crippen LogP contribution >= 0.6 is 0 Å². The highest BCUT2D eigenvalue weighted by Crippen LogP contribution is 2.21. The van der Waals surface area contributed by atoms with E-state index in [4.69, 9.17) is 4.74 Å². The van der Waals surface area contributed by atoms with Crippen LogP contribution in [0, 0.1) is 6.92 Å². The fraction of sp³-hybridized carbons (Fsp3) is 0.200. The Hall–Kier alpha value is -1.44. The molecular weight excluding hydrogens is 150 g/mol. The summed E-state index contributed by atoms with van der Waals surface area (Å²) in [6, 6.07) is 6.05. The first kappa shape index (κ1) is 7.22. The lowest BCUT2D eigenvalue weighted by atomic mass is 10.2. The number of benzene rings is 1. The summed E-state index contributed by atoms with van der Waals surface area (Å²) >= 11 is 0. The maximum atomic E-state index is 5.11. The normalized spacial score (nSPS) is 10.5. The molecule has 0 aliphatic heterocycles.